The molecule has 0 aliphatic heterocycles. The molecule has 0 aromatic heterocycles. The Balaban J connectivity index is 3.05. The van der Waals surface area contributed by atoms with Gasteiger partial charge in [-0.1, -0.05) is 17.7 Å². The van der Waals surface area contributed by atoms with E-state index in [0.717, 1.165) is 18.2 Å². The highest BCUT2D eigenvalue weighted by Crippen LogP contribution is 2.34. The molecule has 0 aliphatic rings. The highest BCUT2D eigenvalue weighted by atomic mass is 35.5. The zero-order valence-corrected chi connectivity index (χ0v) is 10.0. The highest BCUT2D eigenvalue weighted by Gasteiger charge is 2.49. The summed E-state index contributed by atoms with van der Waals surface area (Å²) in [5.74, 6) is -7.27. The average molecular weight is 283 g/mol. The summed E-state index contributed by atoms with van der Waals surface area (Å²) in [5, 5.41) is 9.37. The van der Waals surface area contributed by atoms with E-state index in [0.29, 0.717) is 0 Å². The van der Waals surface area contributed by atoms with Crippen molar-refractivity contribution in [3.8, 4) is 0 Å². The number of benzene rings is 1. The molecule has 1 rings (SSSR count). The zero-order valence-electron chi connectivity index (χ0n) is 9.29. The van der Waals surface area contributed by atoms with Crippen molar-refractivity contribution in [3.63, 3.8) is 0 Å². The number of hydrogen-bond donors (Lipinski definition) is 1. The summed E-state index contributed by atoms with van der Waals surface area (Å²) >= 11 is 5.45. The molecule has 1 atom stereocenters. The maximum Gasteiger partial charge on any atom is 0.380 e. The van der Waals surface area contributed by atoms with Gasteiger partial charge >= 0.3 is 11.9 Å². The first-order valence-corrected chi connectivity index (χ1v) is 5.36. The van der Waals surface area contributed by atoms with Crippen molar-refractivity contribution >= 4 is 17.6 Å². The summed E-state index contributed by atoms with van der Waals surface area (Å²) in [6, 6.07) is 2.78. The van der Waals surface area contributed by atoms with Gasteiger partial charge in [0.1, 0.15) is 5.82 Å². The molecule has 1 aromatic carbocycles. The van der Waals surface area contributed by atoms with Gasteiger partial charge in [-0.25, -0.2) is 9.18 Å². The van der Waals surface area contributed by atoms with Gasteiger partial charge in [-0.2, -0.15) is 8.78 Å². The topological polar surface area (TPSA) is 46.5 Å². The lowest BCUT2D eigenvalue weighted by atomic mass is 10.0. The maximum absolute atomic E-state index is 13.4. The van der Waals surface area contributed by atoms with Gasteiger partial charge in [0, 0.05) is 10.6 Å². The molecule has 1 aromatic rings. The number of esters is 1. The highest BCUT2D eigenvalue weighted by molar-refractivity contribution is 6.30. The quantitative estimate of drug-likeness (QED) is 0.864. The molecule has 18 heavy (non-hydrogen) atoms. The summed E-state index contributed by atoms with van der Waals surface area (Å²) in [7, 11) is 0. The van der Waals surface area contributed by atoms with Gasteiger partial charge in [0.15, 0.2) is 6.10 Å². The van der Waals surface area contributed by atoms with Gasteiger partial charge in [0.25, 0.3) is 0 Å². The minimum absolute atomic E-state index is 0.0112. The molecular formula is C11H10ClF3O3. The number of hydrogen-bond acceptors (Lipinski definition) is 3. The number of carbonyl (C=O) groups is 1. The standard InChI is InChI=1S/C11H10ClF3O3/c1-2-18-10(17)11(14,15)9(16)7-4-3-6(12)5-8(7)13/h3-5,9,16H,2H2,1H3. The second-order valence-electron chi connectivity index (χ2n) is 3.41. The number of ether oxygens (including phenoxy) is 1. The molecule has 0 heterocycles. The molecule has 0 aliphatic carbocycles. The van der Waals surface area contributed by atoms with Crippen LogP contribution in [0.15, 0.2) is 18.2 Å². The van der Waals surface area contributed by atoms with Crippen LogP contribution in [0.3, 0.4) is 0 Å². The van der Waals surface area contributed by atoms with E-state index in [1.807, 2.05) is 0 Å². The third kappa shape index (κ3) is 2.94. The minimum Gasteiger partial charge on any atom is -0.461 e. The van der Waals surface area contributed by atoms with Crippen molar-refractivity contribution in [1.29, 1.82) is 0 Å². The third-order valence-corrected chi connectivity index (χ3v) is 2.38. The second-order valence-corrected chi connectivity index (χ2v) is 3.85. The van der Waals surface area contributed by atoms with E-state index < -0.39 is 29.4 Å². The fourth-order valence-corrected chi connectivity index (χ4v) is 1.42. The molecule has 1 N–H and O–H groups in total. The van der Waals surface area contributed by atoms with Gasteiger partial charge in [-0.15, -0.1) is 0 Å². The molecule has 0 saturated heterocycles. The summed E-state index contributed by atoms with van der Waals surface area (Å²) in [4.78, 5) is 11.0. The molecule has 0 spiro atoms. The minimum atomic E-state index is -4.23. The van der Waals surface area contributed by atoms with Crippen LogP contribution in [0.1, 0.15) is 18.6 Å². The monoisotopic (exact) mass is 282 g/mol. The Bertz CT molecular complexity index is 451. The van der Waals surface area contributed by atoms with Crippen molar-refractivity contribution < 1.29 is 27.8 Å². The first-order valence-electron chi connectivity index (χ1n) is 4.98. The SMILES string of the molecule is CCOC(=O)C(F)(F)C(O)c1ccc(Cl)cc1F. The van der Waals surface area contributed by atoms with Gasteiger partial charge in [0.05, 0.1) is 6.61 Å². The van der Waals surface area contributed by atoms with Crippen molar-refractivity contribution in [2.45, 2.75) is 19.0 Å². The summed E-state index contributed by atoms with van der Waals surface area (Å²) in [5.41, 5.74) is -0.725. The molecule has 0 radical (unpaired) electrons. The fraction of sp³-hybridized carbons (Fsp3) is 0.364. The van der Waals surface area contributed by atoms with E-state index >= 15 is 0 Å². The van der Waals surface area contributed by atoms with Gasteiger partial charge < -0.3 is 9.84 Å². The Hall–Kier alpha value is -1.27. The predicted octanol–water partition coefficient (Wildman–Crippen LogP) is 2.71. The lowest BCUT2D eigenvalue weighted by Gasteiger charge is -2.21. The Morgan fingerprint density at radius 1 is 1.56 bits per heavy atom. The Morgan fingerprint density at radius 3 is 2.67 bits per heavy atom. The number of aliphatic hydroxyl groups is 1. The zero-order chi connectivity index (χ0) is 13.9. The lowest BCUT2D eigenvalue weighted by molar-refractivity contribution is -0.189. The molecule has 0 amide bonds. The van der Waals surface area contributed by atoms with Crippen LogP contribution in [0.2, 0.25) is 5.02 Å². The van der Waals surface area contributed by atoms with E-state index in [2.05, 4.69) is 4.74 Å². The van der Waals surface area contributed by atoms with Crippen molar-refractivity contribution in [3.05, 3.63) is 34.6 Å². The Morgan fingerprint density at radius 2 is 2.17 bits per heavy atom. The number of halogens is 4. The number of alkyl halides is 2. The molecule has 0 bridgehead atoms. The molecule has 7 heteroatoms. The van der Waals surface area contributed by atoms with Crippen LogP contribution >= 0.6 is 11.6 Å². The summed E-state index contributed by atoms with van der Waals surface area (Å²) in [6.45, 7) is 1.06. The van der Waals surface area contributed by atoms with Gasteiger partial charge in [-0.05, 0) is 19.1 Å². The van der Waals surface area contributed by atoms with Gasteiger partial charge in [-0.3, -0.25) is 0 Å². The fourth-order valence-electron chi connectivity index (χ4n) is 1.26. The van der Waals surface area contributed by atoms with Crippen LogP contribution in [0, 0.1) is 5.82 Å². The average Bonchev–Trinajstić information content (AvgIpc) is 2.28. The Kier molecular flexibility index (Phi) is 4.59. The summed E-state index contributed by atoms with van der Waals surface area (Å²) in [6.07, 6.45) is -2.63. The summed E-state index contributed by atoms with van der Waals surface area (Å²) < 4.78 is 44.3. The van der Waals surface area contributed by atoms with Crippen molar-refractivity contribution in [2.75, 3.05) is 6.61 Å². The second kappa shape index (κ2) is 5.58. The predicted molar refractivity (Wildman–Crippen MR) is 57.9 cm³/mol. The van der Waals surface area contributed by atoms with Crippen LogP contribution in [-0.4, -0.2) is 23.6 Å². The number of aliphatic hydroxyl groups excluding tert-OH is 1. The van der Waals surface area contributed by atoms with E-state index in [1.165, 1.54) is 6.92 Å². The van der Waals surface area contributed by atoms with Crippen molar-refractivity contribution in [2.24, 2.45) is 0 Å². The first-order chi connectivity index (χ1) is 8.30. The normalized spacial score (nSPS) is 13.2. The largest absolute Gasteiger partial charge is 0.461 e. The van der Waals surface area contributed by atoms with E-state index in [4.69, 9.17) is 11.6 Å². The molecule has 100 valence electrons. The van der Waals surface area contributed by atoms with Gasteiger partial charge in [0.2, 0.25) is 0 Å². The lowest BCUT2D eigenvalue weighted by Crippen LogP contribution is -2.37. The van der Waals surface area contributed by atoms with Crippen LogP contribution in [0.4, 0.5) is 13.2 Å². The third-order valence-electron chi connectivity index (χ3n) is 2.15. The molecule has 1 unspecified atom stereocenters. The number of carbonyl (C=O) groups excluding carboxylic acids is 1. The molecular weight excluding hydrogens is 273 g/mol. The first kappa shape index (κ1) is 14.8. The van der Waals surface area contributed by atoms with E-state index in [9.17, 15) is 23.1 Å². The molecule has 0 fully saturated rings. The van der Waals surface area contributed by atoms with E-state index in [-0.39, 0.29) is 11.6 Å². The van der Waals surface area contributed by atoms with E-state index in [1.54, 1.807) is 0 Å². The van der Waals surface area contributed by atoms with Crippen LogP contribution in [0.5, 0.6) is 0 Å². The molecule has 3 nitrogen and oxygen atoms in total. The number of rotatable bonds is 4. The smallest absolute Gasteiger partial charge is 0.380 e. The van der Waals surface area contributed by atoms with Crippen LogP contribution in [-0.2, 0) is 9.53 Å². The maximum atomic E-state index is 13.4. The van der Waals surface area contributed by atoms with Crippen LogP contribution in [0.25, 0.3) is 0 Å². The molecule has 0 saturated carbocycles. The van der Waals surface area contributed by atoms with Crippen LogP contribution < -0.4 is 0 Å². The van der Waals surface area contributed by atoms with Crippen molar-refractivity contribution in [1.82, 2.24) is 0 Å². The Labute approximate surface area is 106 Å².